The molecule has 1 aromatic rings. The molecular formula is C12H14ClFN2O. The van der Waals surface area contributed by atoms with Crippen molar-refractivity contribution in [2.45, 2.75) is 31.3 Å². The second kappa shape index (κ2) is 5.02. The molecule has 2 rings (SSSR count). The molecule has 0 spiro atoms. The number of nitrogens with one attached hydrogen (secondary N) is 1. The van der Waals surface area contributed by atoms with Crippen molar-refractivity contribution in [3.63, 3.8) is 0 Å². The minimum absolute atomic E-state index is 0.128. The van der Waals surface area contributed by atoms with Crippen LogP contribution in [0, 0.1) is 5.82 Å². The van der Waals surface area contributed by atoms with Crippen LogP contribution in [0.25, 0.3) is 0 Å². The number of rotatable bonds is 3. The Morgan fingerprint density at radius 1 is 1.53 bits per heavy atom. The van der Waals surface area contributed by atoms with Gasteiger partial charge in [-0.15, -0.1) is 0 Å². The smallest absolute Gasteiger partial charge is 0.234 e. The largest absolute Gasteiger partial charge is 0.368 e. The van der Waals surface area contributed by atoms with Gasteiger partial charge in [0.15, 0.2) is 0 Å². The van der Waals surface area contributed by atoms with Gasteiger partial charge in [0.05, 0.1) is 11.1 Å². The van der Waals surface area contributed by atoms with E-state index in [0.29, 0.717) is 6.42 Å². The van der Waals surface area contributed by atoms with E-state index in [1.807, 2.05) is 0 Å². The van der Waals surface area contributed by atoms with E-state index in [0.717, 1.165) is 18.4 Å². The fraction of sp³-hybridized carbons (Fsp3) is 0.417. The van der Waals surface area contributed by atoms with E-state index in [2.05, 4.69) is 5.32 Å². The number of hydrogen-bond donors (Lipinski definition) is 2. The molecule has 0 saturated carbocycles. The fourth-order valence-electron chi connectivity index (χ4n) is 2.16. The summed E-state index contributed by atoms with van der Waals surface area (Å²) in [6.07, 6.45) is 2.30. The lowest BCUT2D eigenvalue weighted by Gasteiger charge is -2.12. The van der Waals surface area contributed by atoms with Crippen molar-refractivity contribution in [2.75, 3.05) is 0 Å². The van der Waals surface area contributed by atoms with Gasteiger partial charge in [-0.25, -0.2) is 4.39 Å². The first-order valence-corrected chi connectivity index (χ1v) is 5.93. The lowest BCUT2D eigenvalue weighted by Crippen LogP contribution is -2.40. The highest BCUT2D eigenvalue weighted by molar-refractivity contribution is 6.30. The number of primary amides is 1. The van der Waals surface area contributed by atoms with Crippen LogP contribution in [-0.2, 0) is 11.2 Å². The molecule has 0 bridgehead atoms. The molecule has 3 nitrogen and oxygen atoms in total. The summed E-state index contributed by atoms with van der Waals surface area (Å²) >= 11 is 5.61. The summed E-state index contributed by atoms with van der Waals surface area (Å²) in [6, 6.07) is 4.70. The maximum atomic E-state index is 13.2. The predicted molar refractivity (Wildman–Crippen MR) is 64.3 cm³/mol. The van der Waals surface area contributed by atoms with E-state index in [1.54, 1.807) is 12.1 Å². The highest BCUT2D eigenvalue weighted by Gasteiger charge is 2.27. The van der Waals surface area contributed by atoms with Crippen LogP contribution in [0.5, 0.6) is 0 Å². The van der Waals surface area contributed by atoms with Crippen molar-refractivity contribution in [1.82, 2.24) is 5.32 Å². The predicted octanol–water partition coefficient (Wildman–Crippen LogP) is 1.63. The molecule has 2 atom stereocenters. The van der Waals surface area contributed by atoms with Crippen molar-refractivity contribution in [2.24, 2.45) is 5.73 Å². The molecule has 1 amide bonds. The highest BCUT2D eigenvalue weighted by Crippen LogP contribution is 2.20. The molecule has 0 aromatic heterocycles. The van der Waals surface area contributed by atoms with Crippen molar-refractivity contribution < 1.29 is 9.18 Å². The first kappa shape index (κ1) is 12.3. The number of benzene rings is 1. The topological polar surface area (TPSA) is 55.1 Å². The number of carbonyl (C=O) groups excluding carboxylic acids is 1. The number of halogens is 2. The summed E-state index contributed by atoms with van der Waals surface area (Å²) in [6.45, 7) is 0. The Balaban J connectivity index is 1.98. The molecule has 0 unspecified atom stereocenters. The van der Waals surface area contributed by atoms with Crippen LogP contribution in [0.4, 0.5) is 4.39 Å². The minimum atomic E-state index is -0.409. The highest BCUT2D eigenvalue weighted by atomic mass is 35.5. The van der Waals surface area contributed by atoms with Crippen LogP contribution in [-0.4, -0.2) is 18.0 Å². The zero-order chi connectivity index (χ0) is 12.4. The maximum Gasteiger partial charge on any atom is 0.234 e. The first-order valence-electron chi connectivity index (χ1n) is 5.55. The maximum absolute atomic E-state index is 13.2. The second-order valence-corrected chi connectivity index (χ2v) is 4.76. The van der Waals surface area contributed by atoms with Crippen LogP contribution >= 0.6 is 11.6 Å². The van der Waals surface area contributed by atoms with Crippen molar-refractivity contribution >= 4 is 17.5 Å². The number of carbonyl (C=O) groups is 1. The Labute approximate surface area is 104 Å². The van der Waals surface area contributed by atoms with Gasteiger partial charge in [-0.3, -0.25) is 4.79 Å². The molecule has 0 radical (unpaired) electrons. The Morgan fingerprint density at radius 2 is 2.29 bits per heavy atom. The molecule has 1 aliphatic heterocycles. The molecule has 1 fully saturated rings. The van der Waals surface area contributed by atoms with E-state index in [-0.39, 0.29) is 23.0 Å². The zero-order valence-corrected chi connectivity index (χ0v) is 10.0. The monoisotopic (exact) mass is 256 g/mol. The quantitative estimate of drug-likeness (QED) is 0.864. The van der Waals surface area contributed by atoms with E-state index in [4.69, 9.17) is 17.3 Å². The van der Waals surface area contributed by atoms with Gasteiger partial charge in [-0.05, 0) is 37.0 Å². The van der Waals surface area contributed by atoms with Gasteiger partial charge in [0.1, 0.15) is 5.82 Å². The molecule has 1 heterocycles. The van der Waals surface area contributed by atoms with Crippen LogP contribution in [0.1, 0.15) is 18.4 Å². The summed E-state index contributed by atoms with van der Waals surface area (Å²) in [5, 5.41) is 3.27. The average molecular weight is 257 g/mol. The molecular weight excluding hydrogens is 243 g/mol. The van der Waals surface area contributed by atoms with Gasteiger partial charge >= 0.3 is 0 Å². The Bertz CT molecular complexity index is 439. The van der Waals surface area contributed by atoms with Gasteiger partial charge in [0, 0.05) is 6.04 Å². The second-order valence-electron chi connectivity index (χ2n) is 4.35. The average Bonchev–Trinajstić information content (AvgIpc) is 2.72. The molecule has 1 aromatic carbocycles. The lowest BCUT2D eigenvalue weighted by atomic mass is 10.0. The molecule has 0 aliphatic carbocycles. The summed E-state index contributed by atoms with van der Waals surface area (Å²) < 4.78 is 13.2. The lowest BCUT2D eigenvalue weighted by molar-refractivity contribution is -0.119. The van der Waals surface area contributed by atoms with Gasteiger partial charge in [-0.2, -0.15) is 0 Å². The third-order valence-corrected chi connectivity index (χ3v) is 3.36. The minimum Gasteiger partial charge on any atom is -0.368 e. The molecule has 17 heavy (non-hydrogen) atoms. The standard InChI is InChI=1S/C12H14ClFN2O/c13-9-3-1-7(6-10(9)14)5-8-2-4-11(16-8)12(15)17/h1,3,6,8,11,16H,2,4-5H2,(H2,15,17)/t8-,11+/m0/s1. The number of nitrogens with two attached hydrogens (primary N) is 1. The van der Waals surface area contributed by atoms with Crippen molar-refractivity contribution in [3.8, 4) is 0 Å². The van der Waals surface area contributed by atoms with Crippen molar-refractivity contribution in [1.29, 1.82) is 0 Å². The Kier molecular flexibility index (Phi) is 3.64. The SMILES string of the molecule is NC(=O)[C@H]1CC[C@@H](Cc2ccc(Cl)c(F)c2)N1. The van der Waals surface area contributed by atoms with Crippen LogP contribution in [0.2, 0.25) is 5.02 Å². The summed E-state index contributed by atoms with van der Waals surface area (Å²) in [7, 11) is 0. The van der Waals surface area contributed by atoms with Crippen LogP contribution in [0.15, 0.2) is 18.2 Å². The molecule has 5 heteroatoms. The third-order valence-electron chi connectivity index (χ3n) is 3.05. The van der Waals surface area contributed by atoms with E-state index >= 15 is 0 Å². The molecule has 1 aliphatic rings. The first-order chi connectivity index (χ1) is 8.06. The fourth-order valence-corrected chi connectivity index (χ4v) is 2.27. The zero-order valence-electron chi connectivity index (χ0n) is 9.25. The summed E-state index contributed by atoms with van der Waals surface area (Å²) in [5.74, 6) is -0.733. The Morgan fingerprint density at radius 3 is 2.88 bits per heavy atom. The normalized spacial score (nSPS) is 23.9. The van der Waals surface area contributed by atoms with Crippen molar-refractivity contribution in [3.05, 3.63) is 34.6 Å². The van der Waals surface area contributed by atoms with Gasteiger partial charge in [-0.1, -0.05) is 17.7 Å². The van der Waals surface area contributed by atoms with E-state index in [9.17, 15) is 9.18 Å². The van der Waals surface area contributed by atoms with Gasteiger partial charge < -0.3 is 11.1 Å². The summed E-state index contributed by atoms with van der Waals surface area (Å²) in [4.78, 5) is 11.0. The van der Waals surface area contributed by atoms with E-state index in [1.165, 1.54) is 6.07 Å². The van der Waals surface area contributed by atoms with Crippen LogP contribution < -0.4 is 11.1 Å². The van der Waals surface area contributed by atoms with E-state index < -0.39 is 5.82 Å². The molecule has 92 valence electrons. The number of amides is 1. The van der Waals surface area contributed by atoms with Crippen LogP contribution in [0.3, 0.4) is 0 Å². The van der Waals surface area contributed by atoms with Gasteiger partial charge in [0.25, 0.3) is 0 Å². The molecule has 1 saturated heterocycles. The Hall–Kier alpha value is -1.13. The number of hydrogen-bond acceptors (Lipinski definition) is 2. The molecule has 3 N–H and O–H groups in total. The third kappa shape index (κ3) is 2.96. The summed E-state index contributed by atoms with van der Waals surface area (Å²) in [5.41, 5.74) is 6.09. The van der Waals surface area contributed by atoms with Gasteiger partial charge in [0.2, 0.25) is 5.91 Å².